The van der Waals surface area contributed by atoms with Gasteiger partial charge in [-0.25, -0.2) is 4.39 Å². The summed E-state index contributed by atoms with van der Waals surface area (Å²) in [5.74, 6) is -0.554. The van der Waals surface area contributed by atoms with Crippen molar-refractivity contribution in [2.45, 2.75) is 0 Å². The van der Waals surface area contributed by atoms with Gasteiger partial charge in [0.1, 0.15) is 5.82 Å². The summed E-state index contributed by atoms with van der Waals surface area (Å²) < 4.78 is 12.9. The molecule has 1 amide bonds. The van der Waals surface area contributed by atoms with Gasteiger partial charge in [-0.05, 0) is 41.1 Å². The summed E-state index contributed by atoms with van der Waals surface area (Å²) in [6.45, 7) is 0. The van der Waals surface area contributed by atoms with Gasteiger partial charge in [-0.2, -0.15) is 5.10 Å². The summed E-state index contributed by atoms with van der Waals surface area (Å²) in [6, 6.07) is 15.5. The van der Waals surface area contributed by atoms with Crippen LogP contribution in [0.15, 0.2) is 69.7 Å². The van der Waals surface area contributed by atoms with Gasteiger partial charge in [-0.1, -0.05) is 42.5 Å². The molecular formula is C17H12FN3OS. The predicted molar refractivity (Wildman–Crippen MR) is 91.6 cm³/mol. The number of amides is 1. The van der Waals surface area contributed by atoms with E-state index in [2.05, 4.69) is 15.5 Å². The van der Waals surface area contributed by atoms with Crippen molar-refractivity contribution >= 4 is 35.1 Å². The molecule has 2 aromatic rings. The monoisotopic (exact) mass is 325 g/mol. The van der Waals surface area contributed by atoms with Crippen molar-refractivity contribution in [3.63, 3.8) is 0 Å². The second-order valence-corrected chi connectivity index (χ2v) is 5.71. The maximum atomic E-state index is 12.9. The van der Waals surface area contributed by atoms with E-state index in [1.807, 2.05) is 30.3 Å². The molecule has 3 rings (SSSR count). The number of amidine groups is 1. The number of rotatable bonds is 3. The Balaban J connectivity index is 1.70. The van der Waals surface area contributed by atoms with Gasteiger partial charge in [0.25, 0.3) is 5.91 Å². The number of nitrogens with one attached hydrogen (secondary N) is 1. The first-order valence-corrected chi connectivity index (χ1v) is 7.65. The lowest BCUT2D eigenvalue weighted by Crippen LogP contribution is -2.19. The highest BCUT2D eigenvalue weighted by molar-refractivity contribution is 8.18. The van der Waals surface area contributed by atoms with Gasteiger partial charge in [0.15, 0.2) is 5.17 Å². The molecule has 1 heterocycles. The van der Waals surface area contributed by atoms with Crippen LogP contribution in [-0.4, -0.2) is 17.3 Å². The molecule has 6 heteroatoms. The van der Waals surface area contributed by atoms with Gasteiger partial charge in [-0.15, -0.1) is 5.10 Å². The Hall–Kier alpha value is -2.73. The first-order valence-electron chi connectivity index (χ1n) is 6.83. The molecule has 4 nitrogen and oxygen atoms in total. The van der Waals surface area contributed by atoms with Crippen molar-refractivity contribution in [1.29, 1.82) is 0 Å². The Bertz CT molecular complexity index is 798. The van der Waals surface area contributed by atoms with E-state index in [1.54, 1.807) is 24.4 Å². The molecule has 1 aliphatic rings. The van der Waals surface area contributed by atoms with Gasteiger partial charge in [0.2, 0.25) is 0 Å². The molecule has 0 radical (unpaired) electrons. The Kier molecular flexibility index (Phi) is 4.63. The zero-order chi connectivity index (χ0) is 16.1. The largest absolute Gasteiger partial charge is 0.299 e. The van der Waals surface area contributed by atoms with Crippen molar-refractivity contribution < 1.29 is 9.18 Å². The summed E-state index contributed by atoms with van der Waals surface area (Å²) >= 11 is 1.20. The van der Waals surface area contributed by atoms with Crippen molar-refractivity contribution in [1.82, 2.24) is 5.32 Å². The maximum absolute atomic E-state index is 12.9. The molecule has 1 saturated heterocycles. The standard InChI is InChI=1S/C17H12FN3OS/c18-14-8-6-12(7-9-14)10-15-16(22)20-17(23-15)21-19-11-13-4-2-1-3-5-13/h1-11H,(H,20,21,22)/b15-10+,19-11-. The summed E-state index contributed by atoms with van der Waals surface area (Å²) in [4.78, 5) is 12.4. The number of nitrogens with zero attached hydrogens (tertiary/aromatic N) is 2. The maximum Gasteiger partial charge on any atom is 0.264 e. The summed E-state index contributed by atoms with van der Waals surface area (Å²) in [5, 5.41) is 11.0. The first-order chi connectivity index (χ1) is 11.2. The number of benzene rings is 2. The number of carbonyl (C=O) groups excluding carboxylic acids is 1. The summed E-state index contributed by atoms with van der Waals surface area (Å²) in [6.07, 6.45) is 3.30. The third-order valence-corrected chi connectivity index (χ3v) is 3.87. The molecule has 0 saturated carbocycles. The Morgan fingerprint density at radius 1 is 1.00 bits per heavy atom. The number of hydrogen-bond donors (Lipinski definition) is 1. The van der Waals surface area contributed by atoms with E-state index in [4.69, 9.17) is 0 Å². The lowest BCUT2D eigenvalue weighted by molar-refractivity contribution is -0.115. The van der Waals surface area contributed by atoms with Gasteiger partial charge in [-0.3, -0.25) is 10.1 Å². The fourth-order valence-electron chi connectivity index (χ4n) is 1.87. The van der Waals surface area contributed by atoms with Crippen LogP contribution in [0.1, 0.15) is 11.1 Å². The Morgan fingerprint density at radius 3 is 2.48 bits per heavy atom. The van der Waals surface area contributed by atoms with E-state index in [1.165, 1.54) is 23.9 Å². The van der Waals surface area contributed by atoms with Crippen LogP contribution >= 0.6 is 11.8 Å². The average Bonchev–Trinajstić information content (AvgIpc) is 2.90. The molecule has 23 heavy (non-hydrogen) atoms. The lowest BCUT2D eigenvalue weighted by atomic mass is 10.2. The van der Waals surface area contributed by atoms with Crippen LogP contribution in [0.4, 0.5) is 4.39 Å². The molecule has 2 aromatic carbocycles. The summed E-state index contributed by atoms with van der Waals surface area (Å²) in [7, 11) is 0. The molecule has 0 bridgehead atoms. The van der Waals surface area contributed by atoms with Gasteiger partial charge in [0, 0.05) is 0 Å². The highest BCUT2D eigenvalue weighted by Crippen LogP contribution is 2.26. The van der Waals surface area contributed by atoms with Crippen LogP contribution in [0.5, 0.6) is 0 Å². The van der Waals surface area contributed by atoms with Gasteiger partial charge in [0.05, 0.1) is 11.1 Å². The minimum Gasteiger partial charge on any atom is -0.299 e. The zero-order valence-corrected chi connectivity index (χ0v) is 12.8. The van der Waals surface area contributed by atoms with E-state index < -0.39 is 0 Å². The van der Waals surface area contributed by atoms with E-state index >= 15 is 0 Å². The fourth-order valence-corrected chi connectivity index (χ4v) is 2.65. The van der Waals surface area contributed by atoms with Crippen LogP contribution in [0.3, 0.4) is 0 Å². The minimum absolute atomic E-state index is 0.243. The second kappa shape index (κ2) is 7.02. The predicted octanol–water partition coefficient (Wildman–Crippen LogP) is 3.42. The van der Waals surface area contributed by atoms with Crippen molar-refractivity contribution in [2.75, 3.05) is 0 Å². The van der Waals surface area contributed by atoms with E-state index in [9.17, 15) is 9.18 Å². The van der Waals surface area contributed by atoms with Crippen LogP contribution in [0, 0.1) is 5.82 Å². The van der Waals surface area contributed by atoms with Gasteiger partial charge < -0.3 is 0 Å². The van der Waals surface area contributed by atoms with E-state index in [-0.39, 0.29) is 11.7 Å². The average molecular weight is 325 g/mol. The molecule has 0 aromatic heterocycles. The molecule has 0 aliphatic carbocycles. The van der Waals surface area contributed by atoms with Crippen LogP contribution < -0.4 is 5.32 Å². The zero-order valence-electron chi connectivity index (χ0n) is 11.9. The van der Waals surface area contributed by atoms with Crippen LogP contribution in [-0.2, 0) is 4.79 Å². The molecule has 114 valence electrons. The molecule has 0 atom stereocenters. The molecule has 0 unspecified atom stereocenters. The molecular weight excluding hydrogens is 313 g/mol. The third kappa shape index (κ3) is 4.14. The van der Waals surface area contributed by atoms with Crippen molar-refractivity contribution in [2.24, 2.45) is 10.2 Å². The second-order valence-electron chi connectivity index (χ2n) is 4.68. The SMILES string of the molecule is O=C1N/C(=N\N=C/c2ccccc2)S/C1=C/c1ccc(F)cc1. The highest BCUT2D eigenvalue weighted by atomic mass is 32.2. The molecule has 0 spiro atoms. The smallest absolute Gasteiger partial charge is 0.264 e. The molecule has 1 fully saturated rings. The highest BCUT2D eigenvalue weighted by Gasteiger charge is 2.23. The number of carbonyl (C=O) groups is 1. The lowest BCUT2D eigenvalue weighted by Gasteiger charge is -1.94. The number of halogens is 1. The molecule has 1 N–H and O–H groups in total. The van der Waals surface area contributed by atoms with Crippen molar-refractivity contribution in [3.05, 3.63) is 76.4 Å². The van der Waals surface area contributed by atoms with E-state index in [0.29, 0.717) is 10.1 Å². The van der Waals surface area contributed by atoms with Gasteiger partial charge >= 0.3 is 0 Å². The Morgan fingerprint density at radius 2 is 1.74 bits per heavy atom. The minimum atomic E-state index is -0.312. The Labute approximate surface area is 136 Å². The van der Waals surface area contributed by atoms with Crippen LogP contribution in [0.25, 0.3) is 6.08 Å². The topological polar surface area (TPSA) is 53.8 Å². The van der Waals surface area contributed by atoms with Crippen LogP contribution in [0.2, 0.25) is 0 Å². The molecule has 1 aliphatic heterocycles. The number of hydrogen-bond acceptors (Lipinski definition) is 4. The summed E-state index contributed by atoms with van der Waals surface area (Å²) in [5.41, 5.74) is 1.67. The third-order valence-electron chi connectivity index (χ3n) is 2.97. The fraction of sp³-hybridized carbons (Fsp3) is 0. The number of thioether (sulfide) groups is 1. The first kappa shape index (κ1) is 15.2. The van der Waals surface area contributed by atoms with E-state index in [0.717, 1.165) is 11.1 Å². The quantitative estimate of drug-likeness (QED) is 0.534. The normalized spacial score (nSPS) is 18.0. The van der Waals surface area contributed by atoms with Crippen molar-refractivity contribution in [3.8, 4) is 0 Å².